The Kier molecular flexibility index (Phi) is 5.11. The number of carbonyl (C=O) groups is 1. The molecule has 1 aliphatic carbocycles. The van der Waals surface area contributed by atoms with Crippen LogP contribution in [0.5, 0.6) is 0 Å². The molecule has 1 aliphatic rings. The molecule has 0 heterocycles. The smallest absolute Gasteiger partial charge is 0.305 e. The van der Waals surface area contributed by atoms with Gasteiger partial charge in [0.05, 0.1) is 4.92 Å². The van der Waals surface area contributed by atoms with Gasteiger partial charge in [-0.2, -0.15) is 4.39 Å². The van der Waals surface area contributed by atoms with Crippen LogP contribution in [0.1, 0.15) is 44.2 Å². The average Bonchev–Trinajstić information content (AvgIpc) is 2.46. The van der Waals surface area contributed by atoms with Gasteiger partial charge < -0.3 is 5.32 Å². The maximum absolute atomic E-state index is 13.6. The first kappa shape index (κ1) is 16.4. The van der Waals surface area contributed by atoms with Gasteiger partial charge in [0.25, 0.3) is 0 Å². The van der Waals surface area contributed by atoms with E-state index in [2.05, 4.69) is 5.32 Å². The van der Waals surface area contributed by atoms with Crippen molar-refractivity contribution >= 4 is 11.6 Å². The summed E-state index contributed by atoms with van der Waals surface area (Å²) in [6.45, 7) is 3.93. The van der Waals surface area contributed by atoms with Crippen LogP contribution in [0.25, 0.3) is 0 Å². The van der Waals surface area contributed by atoms with Gasteiger partial charge in [-0.1, -0.05) is 20.3 Å². The number of nitrogens with one attached hydrogen (secondary N) is 1. The van der Waals surface area contributed by atoms with Crippen molar-refractivity contribution in [2.45, 2.75) is 52.0 Å². The number of nitro groups is 1. The third-order valence-electron chi connectivity index (χ3n) is 4.21. The summed E-state index contributed by atoms with van der Waals surface area (Å²) in [5.74, 6) is -0.802. The van der Waals surface area contributed by atoms with Crippen molar-refractivity contribution in [3.8, 4) is 0 Å². The Balaban J connectivity index is 2.09. The van der Waals surface area contributed by atoms with Gasteiger partial charge in [-0.25, -0.2) is 0 Å². The summed E-state index contributed by atoms with van der Waals surface area (Å²) in [5.41, 5.74) is 1.06. The molecule has 0 aliphatic heterocycles. The predicted molar refractivity (Wildman–Crippen MR) is 81.1 cm³/mol. The highest BCUT2D eigenvalue weighted by atomic mass is 19.1. The second-order valence-corrected chi connectivity index (χ2v) is 5.97. The van der Waals surface area contributed by atoms with Crippen LogP contribution in [0.2, 0.25) is 0 Å². The molecule has 0 aromatic heterocycles. The van der Waals surface area contributed by atoms with Crippen LogP contribution in [-0.4, -0.2) is 16.9 Å². The van der Waals surface area contributed by atoms with Crippen molar-refractivity contribution in [2.75, 3.05) is 0 Å². The molecule has 22 heavy (non-hydrogen) atoms. The number of halogens is 1. The van der Waals surface area contributed by atoms with Crippen LogP contribution in [0.3, 0.4) is 0 Å². The highest BCUT2D eigenvalue weighted by Crippen LogP contribution is 2.28. The molecule has 0 saturated carbocycles. The lowest BCUT2D eigenvalue weighted by Crippen LogP contribution is -2.41. The van der Waals surface area contributed by atoms with Crippen LogP contribution in [-0.2, 0) is 17.6 Å². The van der Waals surface area contributed by atoms with Gasteiger partial charge in [0.2, 0.25) is 11.7 Å². The summed E-state index contributed by atoms with van der Waals surface area (Å²) in [6, 6.07) is 2.52. The van der Waals surface area contributed by atoms with Crippen LogP contribution < -0.4 is 5.32 Å². The standard InChI is InChI=1S/C16H21FN2O3/c1-3-4-10(2)16(20)18-13-6-5-11-8-14(17)15(19(21)22)9-12(11)7-13/h8-10,13H,3-7H2,1-2H3,(H,18,20). The number of rotatable bonds is 5. The molecule has 2 atom stereocenters. The molecule has 2 unspecified atom stereocenters. The van der Waals surface area contributed by atoms with E-state index in [-0.39, 0.29) is 17.9 Å². The largest absolute Gasteiger partial charge is 0.353 e. The molecule has 0 radical (unpaired) electrons. The van der Waals surface area contributed by atoms with E-state index in [0.717, 1.165) is 30.4 Å². The topological polar surface area (TPSA) is 72.2 Å². The first-order valence-electron chi connectivity index (χ1n) is 7.68. The summed E-state index contributed by atoms with van der Waals surface area (Å²) in [5, 5.41) is 13.8. The Morgan fingerprint density at radius 2 is 2.23 bits per heavy atom. The summed E-state index contributed by atoms with van der Waals surface area (Å²) >= 11 is 0. The first-order valence-corrected chi connectivity index (χ1v) is 7.68. The number of nitrogens with zero attached hydrogens (tertiary/aromatic N) is 1. The minimum atomic E-state index is -0.789. The number of fused-ring (bicyclic) bond motifs is 1. The highest BCUT2D eigenvalue weighted by molar-refractivity contribution is 5.78. The lowest BCUT2D eigenvalue weighted by molar-refractivity contribution is -0.387. The molecule has 1 amide bonds. The number of aryl methyl sites for hydroxylation is 1. The summed E-state index contributed by atoms with van der Waals surface area (Å²) in [4.78, 5) is 22.2. The number of amides is 1. The van der Waals surface area contributed by atoms with Gasteiger partial charge in [0.15, 0.2) is 0 Å². The Morgan fingerprint density at radius 3 is 2.86 bits per heavy atom. The van der Waals surface area contributed by atoms with Crippen molar-refractivity contribution in [2.24, 2.45) is 5.92 Å². The number of nitro benzene ring substituents is 1. The molecule has 2 rings (SSSR count). The summed E-state index contributed by atoms with van der Waals surface area (Å²) in [7, 11) is 0. The van der Waals surface area contributed by atoms with E-state index in [9.17, 15) is 19.3 Å². The highest BCUT2D eigenvalue weighted by Gasteiger charge is 2.26. The molecule has 0 spiro atoms. The summed E-state index contributed by atoms with van der Waals surface area (Å²) < 4.78 is 13.6. The van der Waals surface area contributed by atoms with E-state index in [1.165, 1.54) is 12.1 Å². The van der Waals surface area contributed by atoms with E-state index in [4.69, 9.17) is 0 Å². The number of carbonyl (C=O) groups excluding carboxylic acids is 1. The zero-order valence-electron chi connectivity index (χ0n) is 12.9. The van der Waals surface area contributed by atoms with Crippen LogP contribution >= 0.6 is 0 Å². The van der Waals surface area contributed by atoms with Gasteiger partial charge in [-0.15, -0.1) is 0 Å². The zero-order valence-corrected chi connectivity index (χ0v) is 12.9. The average molecular weight is 308 g/mol. The van der Waals surface area contributed by atoms with E-state index >= 15 is 0 Å². The lowest BCUT2D eigenvalue weighted by Gasteiger charge is -2.26. The first-order chi connectivity index (χ1) is 10.4. The second kappa shape index (κ2) is 6.85. The Hall–Kier alpha value is -1.98. The number of benzene rings is 1. The molecule has 120 valence electrons. The zero-order chi connectivity index (χ0) is 16.3. The molecule has 1 aromatic carbocycles. The lowest BCUT2D eigenvalue weighted by atomic mass is 9.87. The fourth-order valence-corrected chi connectivity index (χ4v) is 2.94. The molecule has 1 aromatic rings. The van der Waals surface area contributed by atoms with Crippen molar-refractivity contribution in [3.63, 3.8) is 0 Å². The second-order valence-electron chi connectivity index (χ2n) is 5.97. The third kappa shape index (κ3) is 3.61. The molecule has 5 nitrogen and oxygen atoms in total. The maximum atomic E-state index is 13.6. The minimum absolute atomic E-state index is 0.0203. The van der Waals surface area contributed by atoms with Crippen molar-refractivity contribution in [1.82, 2.24) is 5.32 Å². The number of hydrogen-bond acceptors (Lipinski definition) is 3. The quantitative estimate of drug-likeness (QED) is 0.671. The van der Waals surface area contributed by atoms with Crippen LogP contribution in [0.4, 0.5) is 10.1 Å². The normalized spacial score (nSPS) is 18.4. The Morgan fingerprint density at radius 1 is 1.50 bits per heavy atom. The fourth-order valence-electron chi connectivity index (χ4n) is 2.94. The molecule has 6 heteroatoms. The van der Waals surface area contributed by atoms with Crippen molar-refractivity contribution in [3.05, 3.63) is 39.2 Å². The van der Waals surface area contributed by atoms with Gasteiger partial charge in [-0.3, -0.25) is 14.9 Å². The number of hydrogen-bond donors (Lipinski definition) is 1. The molecule has 0 fully saturated rings. The molecule has 0 saturated heterocycles. The molecular formula is C16H21FN2O3. The molecule has 0 bridgehead atoms. The maximum Gasteiger partial charge on any atom is 0.305 e. The van der Waals surface area contributed by atoms with Gasteiger partial charge >= 0.3 is 5.69 Å². The van der Waals surface area contributed by atoms with Gasteiger partial charge in [-0.05, 0) is 42.9 Å². The van der Waals surface area contributed by atoms with E-state index in [0.29, 0.717) is 12.8 Å². The summed E-state index contributed by atoms with van der Waals surface area (Å²) in [6.07, 6.45) is 3.66. The SMILES string of the molecule is CCCC(C)C(=O)NC1CCc2cc(F)c([N+](=O)[O-])cc2C1. The molecule has 1 N–H and O–H groups in total. The van der Waals surface area contributed by atoms with Crippen LogP contribution in [0, 0.1) is 21.8 Å². The van der Waals surface area contributed by atoms with Gasteiger partial charge in [0.1, 0.15) is 0 Å². The monoisotopic (exact) mass is 308 g/mol. The molecular weight excluding hydrogens is 287 g/mol. The van der Waals surface area contributed by atoms with Gasteiger partial charge in [0, 0.05) is 18.0 Å². The fraction of sp³-hybridized carbons (Fsp3) is 0.562. The Bertz CT molecular complexity index is 589. The minimum Gasteiger partial charge on any atom is -0.353 e. The Labute approximate surface area is 129 Å². The third-order valence-corrected chi connectivity index (χ3v) is 4.21. The predicted octanol–water partition coefficient (Wildman–Crippen LogP) is 3.14. The van der Waals surface area contributed by atoms with Crippen LogP contribution in [0.15, 0.2) is 12.1 Å². The van der Waals surface area contributed by atoms with Crippen molar-refractivity contribution in [1.29, 1.82) is 0 Å². The van der Waals surface area contributed by atoms with Crippen molar-refractivity contribution < 1.29 is 14.1 Å². The van der Waals surface area contributed by atoms with E-state index in [1.54, 1.807) is 0 Å². The van der Waals surface area contributed by atoms with E-state index < -0.39 is 16.4 Å². The van der Waals surface area contributed by atoms with E-state index in [1.807, 2.05) is 13.8 Å².